The van der Waals surface area contributed by atoms with Crippen LogP contribution in [0.1, 0.15) is 25.7 Å². The first kappa shape index (κ1) is 18.0. The third kappa shape index (κ3) is 4.65. The smallest absolute Gasteiger partial charge is 0.273 e. The first-order chi connectivity index (χ1) is 11.6. The summed E-state index contributed by atoms with van der Waals surface area (Å²) >= 11 is 10.6. The van der Waals surface area contributed by atoms with Gasteiger partial charge in [-0.25, -0.2) is 4.98 Å². The molecule has 8 heteroatoms. The molecule has 1 aliphatic heterocycles. The number of halogens is 1. The van der Waals surface area contributed by atoms with E-state index in [1.807, 2.05) is 18.2 Å². The molecule has 2 aromatic rings. The highest BCUT2D eigenvalue weighted by atomic mass is 35.5. The summed E-state index contributed by atoms with van der Waals surface area (Å²) in [5.74, 6) is 1.30. The molecular weight excluding hydrogens is 384 g/mol. The zero-order chi connectivity index (χ0) is 16.9. The number of hydrogen-bond acceptors (Lipinski definition) is 6. The monoisotopic (exact) mass is 400 g/mol. The molecule has 24 heavy (non-hydrogen) atoms. The molecule has 2 heterocycles. The van der Waals surface area contributed by atoms with Crippen LogP contribution in [0.25, 0.3) is 10.2 Å². The fourth-order valence-corrected chi connectivity index (χ4v) is 5.46. The molecule has 1 aliphatic rings. The van der Waals surface area contributed by atoms with Gasteiger partial charge in [0.2, 0.25) is 5.91 Å². The molecule has 1 aromatic heterocycles. The van der Waals surface area contributed by atoms with Crippen LogP contribution in [0.5, 0.6) is 0 Å². The number of aromatic nitrogens is 1. The average molecular weight is 401 g/mol. The van der Waals surface area contributed by atoms with E-state index in [1.54, 1.807) is 23.1 Å². The standard InChI is InChI=1S/C16H17ClN2O2S3/c17-11-5-6-13-12(9-11)18-15(24-13)22-8-4-2-1-3-7-19-14(20)10-23-16(19)21/h5-6,9H,1-4,7-8,10H2. The van der Waals surface area contributed by atoms with Crippen molar-refractivity contribution >= 4 is 67.8 Å². The van der Waals surface area contributed by atoms with Crippen LogP contribution in [-0.4, -0.2) is 39.1 Å². The van der Waals surface area contributed by atoms with E-state index in [0.717, 1.165) is 58.1 Å². The van der Waals surface area contributed by atoms with Gasteiger partial charge in [-0.05, 0) is 31.0 Å². The number of amides is 2. The van der Waals surface area contributed by atoms with Crippen LogP contribution in [0.3, 0.4) is 0 Å². The number of rotatable bonds is 8. The first-order valence-electron chi connectivity index (χ1n) is 7.79. The Morgan fingerprint density at radius 1 is 1.21 bits per heavy atom. The van der Waals surface area contributed by atoms with E-state index in [1.165, 1.54) is 9.60 Å². The topological polar surface area (TPSA) is 50.3 Å². The van der Waals surface area contributed by atoms with Gasteiger partial charge in [0.25, 0.3) is 5.24 Å². The highest BCUT2D eigenvalue weighted by Crippen LogP contribution is 2.31. The molecule has 0 bridgehead atoms. The molecule has 3 rings (SSSR count). The fourth-order valence-electron chi connectivity index (χ4n) is 2.42. The van der Waals surface area contributed by atoms with Crippen molar-refractivity contribution in [2.45, 2.75) is 30.0 Å². The van der Waals surface area contributed by atoms with Crippen molar-refractivity contribution in [1.82, 2.24) is 9.88 Å². The number of fused-ring (bicyclic) bond motifs is 1. The Hall–Kier alpha value is -0.760. The van der Waals surface area contributed by atoms with Gasteiger partial charge in [-0.3, -0.25) is 14.5 Å². The van der Waals surface area contributed by atoms with Crippen LogP contribution in [0.15, 0.2) is 22.5 Å². The minimum Gasteiger partial charge on any atom is -0.273 e. The molecule has 1 fully saturated rings. The Morgan fingerprint density at radius 3 is 2.83 bits per heavy atom. The fraction of sp³-hybridized carbons (Fsp3) is 0.438. The second kappa shape index (κ2) is 8.56. The van der Waals surface area contributed by atoms with E-state index in [0.29, 0.717) is 12.3 Å². The summed E-state index contributed by atoms with van der Waals surface area (Å²) in [4.78, 5) is 28.9. The van der Waals surface area contributed by atoms with E-state index >= 15 is 0 Å². The molecule has 0 saturated carbocycles. The van der Waals surface area contributed by atoms with Crippen molar-refractivity contribution in [2.75, 3.05) is 18.1 Å². The van der Waals surface area contributed by atoms with Crippen LogP contribution >= 0.6 is 46.5 Å². The van der Waals surface area contributed by atoms with Gasteiger partial charge in [-0.1, -0.05) is 48.0 Å². The van der Waals surface area contributed by atoms with Gasteiger partial charge >= 0.3 is 0 Å². The molecule has 4 nitrogen and oxygen atoms in total. The third-order valence-electron chi connectivity index (χ3n) is 3.67. The average Bonchev–Trinajstić information content (AvgIpc) is 3.10. The highest BCUT2D eigenvalue weighted by Gasteiger charge is 2.28. The zero-order valence-corrected chi connectivity index (χ0v) is 16.2. The number of hydrogen-bond donors (Lipinski definition) is 0. The van der Waals surface area contributed by atoms with Crippen molar-refractivity contribution in [3.05, 3.63) is 23.2 Å². The van der Waals surface area contributed by atoms with Crippen molar-refractivity contribution in [3.8, 4) is 0 Å². The number of benzene rings is 1. The Kier molecular flexibility index (Phi) is 6.43. The Labute approximate surface area is 158 Å². The maximum Gasteiger partial charge on any atom is 0.288 e. The number of unbranched alkanes of at least 4 members (excludes halogenated alkanes) is 3. The maximum absolute atomic E-state index is 11.5. The largest absolute Gasteiger partial charge is 0.288 e. The normalized spacial score (nSPS) is 15.0. The van der Waals surface area contributed by atoms with Crippen LogP contribution in [0, 0.1) is 0 Å². The number of thioether (sulfide) groups is 2. The number of nitrogens with zero attached hydrogens (tertiary/aromatic N) is 2. The van der Waals surface area contributed by atoms with Gasteiger partial charge in [0, 0.05) is 17.3 Å². The molecule has 128 valence electrons. The molecule has 0 spiro atoms. The second-order valence-electron chi connectivity index (χ2n) is 5.45. The molecule has 0 atom stereocenters. The zero-order valence-electron chi connectivity index (χ0n) is 13.0. The van der Waals surface area contributed by atoms with Gasteiger partial charge in [-0.15, -0.1) is 11.3 Å². The SMILES string of the molecule is O=C1CSC(=O)N1CCCCCCSc1nc2cc(Cl)ccc2s1. The number of thiazole rings is 1. The van der Waals surface area contributed by atoms with E-state index in [-0.39, 0.29) is 11.1 Å². The lowest BCUT2D eigenvalue weighted by Crippen LogP contribution is -2.29. The summed E-state index contributed by atoms with van der Waals surface area (Å²) < 4.78 is 2.25. The van der Waals surface area contributed by atoms with Crippen LogP contribution < -0.4 is 0 Å². The number of carbonyl (C=O) groups is 2. The lowest BCUT2D eigenvalue weighted by molar-refractivity contribution is -0.124. The lowest BCUT2D eigenvalue weighted by Gasteiger charge is -2.11. The van der Waals surface area contributed by atoms with E-state index in [9.17, 15) is 9.59 Å². The van der Waals surface area contributed by atoms with Gasteiger partial charge < -0.3 is 0 Å². The van der Waals surface area contributed by atoms with Crippen molar-refractivity contribution in [2.24, 2.45) is 0 Å². The molecule has 1 aromatic carbocycles. The quantitative estimate of drug-likeness (QED) is 0.444. The van der Waals surface area contributed by atoms with Crippen molar-refractivity contribution in [3.63, 3.8) is 0 Å². The Bertz CT molecular complexity index is 734. The summed E-state index contributed by atoms with van der Waals surface area (Å²) in [6.45, 7) is 0.566. The van der Waals surface area contributed by atoms with Gasteiger partial charge in [0.1, 0.15) is 0 Å². The van der Waals surface area contributed by atoms with Crippen LogP contribution in [0.4, 0.5) is 4.79 Å². The Balaban J connectivity index is 1.32. The summed E-state index contributed by atoms with van der Waals surface area (Å²) in [5.41, 5.74) is 0.966. The first-order valence-corrected chi connectivity index (χ1v) is 11.0. The maximum atomic E-state index is 11.5. The molecule has 2 amide bonds. The van der Waals surface area contributed by atoms with Crippen molar-refractivity contribution in [1.29, 1.82) is 0 Å². The molecule has 0 aliphatic carbocycles. The predicted molar refractivity (Wildman–Crippen MR) is 103 cm³/mol. The lowest BCUT2D eigenvalue weighted by atomic mass is 10.2. The van der Waals surface area contributed by atoms with Crippen LogP contribution in [0.2, 0.25) is 5.02 Å². The molecule has 0 unspecified atom stereocenters. The van der Waals surface area contributed by atoms with E-state index in [4.69, 9.17) is 11.6 Å². The van der Waals surface area contributed by atoms with Gasteiger partial charge in [0.05, 0.1) is 16.0 Å². The van der Waals surface area contributed by atoms with Crippen molar-refractivity contribution < 1.29 is 9.59 Å². The summed E-state index contributed by atoms with van der Waals surface area (Å²) in [6, 6.07) is 5.81. The molecule has 0 radical (unpaired) electrons. The minimum atomic E-state index is -0.0912. The van der Waals surface area contributed by atoms with Crippen LogP contribution in [-0.2, 0) is 4.79 Å². The summed E-state index contributed by atoms with van der Waals surface area (Å²) in [7, 11) is 0. The highest BCUT2D eigenvalue weighted by molar-refractivity contribution is 8.14. The number of imide groups is 1. The minimum absolute atomic E-state index is 0.0449. The Morgan fingerprint density at radius 2 is 2.04 bits per heavy atom. The van der Waals surface area contributed by atoms with E-state index < -0.39 is 0 Å². The summed E-state index contributed by atoms with van der Waals surface area (Å²) in [6.07, 6.45) is 4.14. The number of carbonyl (C=O) groups excluding carboxylic acids is 2. The van der Waals surface area contributed by atoms with E-state index in [2.05, 4.69) is 4.98 Å². The third-order valence-corrected chi connectivity index (χ3v) is 7.03. The molecular formula is C16H17ClN2O2S3. The molecule has 0 N–H and O–H groups in total. The summed E-state index contributed by atoms with van der Waals surface area (Å²) in [5, 5.41) is 0.629. The van der Waals surface area contributed by atoms with Gasteiger partial charge in [-0.2, -0.15) is 0 Å². The van der Waals surface area contributed by atoms with Gasteiger partial charge in [0.15, 0.2) is 4.34 Å². The predicted octanol–water partition coefficient (Wildman–Crippen LogP) is 5.30. The second-order valence-corrected chi connectivity index (χ2v) is 9.19. The molecule has 1 saturated heterocycles.